The fraction of sp³-hybridized carbons (Fsp3) is 0.250. The van der Waals surface area contributed by atoms with E-state index >= 15 is 0 Å². The highest BCUT2D eigenvalue weighted by molar-refractivity contribution is 9.10. The molecule has 0 atom stereocenters. The fourth-order valence-electron chi connectivity index (χ4n) is 1.14. The van der Waals surface area contributed by atoms with Crippen molar-refractivity contribution in [2.75, 3.05) is 6.61 Å². The summed E-state index contributed by atoms with van der Waals surface area (Å²) in [4.78, 5) is 11.0. The molecule has 0 amide bonds. The average molecular weight is 287 g/mol. The van der Waals surface area contributed by atoms with Gasteiger partial charge in [0.05, 0.1) is 13.0 Å². The number of carbonyl (C=O) groups is 1. The first kappa shape index (κ1) is 12.9. The van der Waals surface area contributed by atoms with Gasteiger partial charge in [-0.15, -0.1) is 0 Å². The third-order valence-electron chi connectivity index (χ3n) is 1.85. The van der Waals surface area contributed by atoms with E-state index in [2.05, 4.69) is 15.9 Å². The van der Waals surface area contributed by atoms with E-state index in [1.54, 1.807) is 31.2 Å². The summed E-state index contributed by atoms with van der Waals surface area (Å²) in [6.07, 6.45) is 3.31. The standard InChI is InChI=1S/C12H12BrFO2/c1-2-16-12(15)5-3-4-9-8-10(13)6-7-11(9)14/h3-4,6-8H,2,5H2,1H3. The Labute approximate surface area is 102 Å². The lowest BCUT2D eigenvalue weighted by Gasteiger charge is -1.99. The van der Waals surface area contributed by atoms with Gasteiger partial charge in [-0.1, -0.05) is 28.1 Å². The van der Waals surface area contributed by atoms with Crippen molar-refractivity contribution in [1.29, 1.82) is 0 Å². The van der Waals surface area contributed by atoms with Crippen LogP contribution in [0, 0.1) is 5.82 Å². The number of hydrogen-bond acceptors (Lipinski definition) is 2. The van der Waals surface area contributed by atoms with E-state index in [0.29, 0.717) is 12.2 Å². The Morgan fingerprint density at radius 3 is 3.00 bits per heavy atom. The smallest absolute Gasteiger partial charge is 0.309 e. The summed E-state index contributed by atoms with van der Waals surface area (Å²) in [6, 6.07) is 4.64. The van der Waals surface area contributed by atoms with Gasteiger partial charge in [-0.2, -0.15) is 0 Å². The van der Waals surface area contributed by atoms with Crippen LogP contribution in [0.2, 0.25) is 0 Å². The molecule has 0 aliphatic heterocycles. The molecule has 0 bridgehead atoms. The van der Waals surface area contributed by atoms with E-state index in [9.17, 15) is 9.18 Å². The highest BCUT2D eigenvalue weighted by Gasteiger charge is 2.00. The number of rotatable bonds is 4. The highest BCUT2D eigenvalue weighted by Crippen LogP contribution is 2.16. The molecule has 86 valence electrons. The first-order valence-electron chi connectivity index (χ1n) is 4.90. The molecule has 1 rings (SSSR count). The number of esters is 1. The van der Waals surface area contributed by atoms with Gasteiger partial charge in [-0.25, -0.2) is 4.39 Å². The second kappa shape index (κ2) is 6.43. The minimum Gasteiger partial charge on any atom is -0.466 e. The lowest BCUT2D eigenvalue weighted by atomic mass is 10.2. The van der Waals surface area contributed by atoms with E-state index in [1.165, 1.54) is 6.07 Å². The van der Waals surface area contributed by atoms with Crippen molar-refractivity contribution in [3.8, 4) is 0 Å². The van der Waals surface area contributed by atoms with Crippen molar-refractivity contribution in [2.45, 2.75) is 13.3 Å². The third kappa shape index (κ3) is 4.14. The summed E-state index contributed by atoms with van der Waals surface area (Å²) >= 11 is 3.25. The zero-order valence-corrected chi connectivity index (χ0v) is 10.5. The van der Waals surface area contributed by atoms with Crippen LogP contribution >= 0.6 is 15.9 Å². The molecule has 0 saturated heterocycles. The van der Waals surface area contributed by atoms with Crippen LogP contribution < -0.4 is 0 Å². The van der Waals surface area contributed by atoms with Crippen molar-refractivity contribution in [2.24, 2.45) is 0 Å². The number of benzene rings is 1. The first-order chi connectivity index (χ1) is 7.63. The lowest BCUT2D eigenvalue weighted by Crippen LogP contribution is -2.01. The van der Waals surface area contributed by atoms with E-state index in [4.69, 9.17) is 4.74 Å². The maximum absolute atomic E-state index is 13.3. The topological polar surface area (TPSA) is 26.3 Å². The normalized spacial score (nSPS) is 10.7. The lowest BCUT2D eigenvalue weighted by molar-refractivity contribution is -0.142. The second-order valence-electron chi connectivity index (χ2n) is 3.08. The van der Waals surface area contributed by atoms with Crippen LogP contribution in [0.5, 0.6) is 0 Å². The first-order valence-corrected chi connectivity index (χ1v) is 5.70. The molecule has 0 aliphatic rings. The Morgan fingerprint density at radius 1 is 1.56 bits per heavy atom. The van der Waals surface area contributed by atoms with Crippen LogP contribution in [0.15, 0.2) is 28.7 Å². The van der Waals surface area contributed by atoms with Gasteiger partial charge >= 0.3 is 5.97 Å². The molecular formula is C12H12BrFO2. The third-order valence-corrected chi connectivity index (χ3v) is 2.34. The summed E-state index contributed by atoms with van der Waals surface area (Å²) < 4.78 is 18.8. The Hall–Kier alpha value is -1.16. The summed E-state index contributed by atoms with van der Waals surface area (Å²) in [7, 11) is 0. The molecule has 0 aromatic heterocycles. The summed E-state index contributed by atoms with van der Waals surface area (Å²) in [6.45, 7) is 2.10. The van der Waals surface area contributed by atoms with Crippen LogP contribution in [0.3, 0.4) is 0 Å². The van der Waals surface area contributed by atoms with Crippen molar-refractivity contribution in [1.82, 2.24) is 0 Å². The van der Waals surface area contributed by atoms with Crippen LogP contribution in [0.1, 0.15) is 18.9 Å². The van der Waals surface area contributed by atoms with E-state index in [0.717, 1.165) is 4.47 Å². The molecule has 4 heteroatoms. The SMILES string of the molecule is CCOC(=O)CC=Cc1cc(Br)ccc1F. The van der Waals surface area contributed by atoms with Crippen LogP contribution in [0.25, 0.3) is 6.08 Å². The van der Waals surface area contributed by atoms with Gasteiger partial charge in [0.15, 0.2) is 0 Å². The molecule has 0 fully saturated rings. The van der Waals surface area contributed by atoms with Crippen molar-refractivity contribution >= 4 is 28.0 Å². The zero-order chi connectivity index (χ0) is 12.0. The number of carbonyl (C=O) groups excluding carboxylic acids is 1. The van der Waals surface area contributed by atoms with Crippen molar-refractivity contribution < 1.29 is 13.9 Å². The average Bonchev–Trinajstić information content (AvgIpc) is 2.23. The Morgan fingerprint density at radius 2 is 2.31 bits per heavy atom. The summed E-state index contributed by atoms with van der Waals surface area (Å²) in [5.74, 6) is -0.627. The Kier molecular flexibility index (Phi) is 5.19. The number of halogens is 2. The van der Waals surface area contributed by atoms with Gasteiger partial charge in [-0.3, -0.25) is 4.79 Å². The monoisotopic (exact) mass is 286 g/mol. The van der Waals surface area contributed by atoms with Crippen LogP contribution in [-0.4, -0.2) is 12.6 Å². The minimum atomic E-state index is -0.316. The highest BCUT2D eigenvalue weighted by atomic mass is 79.9. The van der Waals surface area contributed by atoms with E-state index in [-0.39, 0.29) is 18.2 Å². The predicted octanol–water partition coefficient (Wildman–Crippen LogP) is 3.55. The van der Waals surface area contributed by atoms with Gasteiger partial charge in [-0.05, 0) is 25.1 Å². The molecule has 1 aromatic rings. The molecule has 16 heavy (non-hydrogen) atoms. The van der Waals surface area contributed by atoms with Gasteiger partial charge in [0.2, 0.25) is 0 Å². The van der Waals surface area contributed by atoms with Crippen LogP contribution in [0.4, 0.5) is 4.39 Å². The number of hydrogen-bond donors (Lipinski definition) is 0. The molecule has 2 nitrogen and oxygen atoms in total. The molecule has 0 unspecified atom stereocenters. The zero-order valence-electron chi connectivity index (χ0n) is 8.87. The maximum Gasteiger partial charge on any atom is 0.309 e. The molecule has 0 heterocycles. The largest absolute Gasteiger partial charge is 0.466 e. The van der Waals surface area contributed by atoms with Crippen molar-refractivity contribution in [3.63, 3.8) is 0 Å². The quantitative estimate of drug-likeness (QED) is 0.791. The van der Waals surface area contributed by atoms with Crippen molar-refractivity contribution in [3.05, 3.63) is 40.1 Å². The second-order valence-corrected chi connectivity index (χ2v) is 3.99. The molecule has 0 saturated carbocycles. The van der Waals surface area contributed by atoms with Gasteiger partial charge < -0.3 is 4.74 Å². The molecule has 0 N–H and O–H groups in total. The number of ether oxygens (including phenoxy) is 1. The predicted molar refractivity (Wildman–Crippen MR) is 64.4 cm³/mol. The van der Waals surface area contributed by atoms with Gasteiger partial charge in [0.25, 0.3) is 0 Å². The van der Waals surface area contributed by atoms with E-state index in [1.807, 2.05) is 0 Å². The minimum absolute atomic E-state index is 0.153. The molecular weight excluding hydrogens is 275 g/mol. The molecule has 0 radical (unpaired) electrons. The Balaban J connectivity index is 2.62. The molecule has 0 aliphatic carbocycles. The molecule has 0 spiro atoms. The summed E-state index contributed by atoms with van der Waals surface area (Å²) in [5, 5.41) is 0. The Bertz CT molecular complexity index is 402. The van der Waals surface area contributed by atoms with E-state index < -0.39 is 0 Å². The van der Waals surface area contributed by atoms with Gasteiger partial charge in [0, 0.05) is 10.0 Å². The summed E-state index contributed by atoms with van der Waals surface area (Å²) in [5.41, 5.74) is 0.443. The molecule has 1 aromatic carbocycles. The maximum atomic E-state index is 13.3. The van der Waals surface area contributed by atoms with Gasteiger partial charge in [0.1, 0.15) is 5.82 Å². The fourth-order valence-corrected chi connectivity index (χ4v) is 1.52. The van der Waals surface area contributed by atoms with Crippen LogP contribution in [-0.2, 0) is 9.53 Å².